The number of carbonyl (C=O) groups excluding carboxylic acids is 2. The molecule has 3 saturated carbocycles. The van der Waals surface area contributed by atoms with E-state index >= 15 is 0 Å². The molecule has 0 spiro atoms. The van der Waals surface area contributed by atoms with Crippen molar-refractivity contribution >= 4 is 17.6 Å². The largest absolute Gasteiger partial charge is 0.387 e. The van der Waals surface area contributed by atoms with Crippen molar-refractivity contribution in [2.75, 3.05) is 20.1 Å². The number of likely N-dealkylation sites (tertiary alicyclic amines) is 1. The van der Waals surface area contributed by atoms with E-state index in [1.165, 1.54) is 32.1 Å². The highest BCUT2D eigenvalue weighted by molar-refractivity contribution is 5.82. The van der Waals surface area contributed by atoms with Crippen molar-refractivity contribution in [1.82, 2.24) is 9.80 Å². The average molecular weight is 460 g/mol. The summed E-state index contributed by atoms with van der Waals surface area (Å²) in [4.78, 5) is 29.9. The average Bonchev–Trinajstić information content (AvgIpc) is 3.17. The van der Waals surface area contributed by atoms with Gasteiger partial charge >= 0.3 is 0 Å². The monoisotopic (exact) mass is 459 g/mol. The molecule has 4 unspecified atom stereocenters. The number of carbonyl (C=O) groups is 2. The molecule has 5 N–H and O–H groups in total. The van der Waals surface area contributed by atoms with E-state index in [4.69, 9.17) is 16.9 Å². The van der Waals surface area contributed by atoms with Gasteiger partial charge in [-0.15, -0.1) is 0 Å². The number of amidine groups is 1. The summed E-state index contributed by atoms with van der Waals surface area (Å²) in [6, 6.07) is 0.298. The standard InChI is InChI=1S/C26H45N5O2/c1-30(15-17-5-3-2-4-6-17)26(33)23-13-20-11-12-21(24(27)28)14-22(20)31(23)16-18-7-9-19(10-8-18)25(29)32/h17-23H,2-16H2,1H3,(H3,27,28)(H2,29,32). The Morgan fingerprint density at radius 3 is 2.18 bits per heavy atom. The lowest BCUT2D eigenvalue weighted by Gasteiger charge is -2.40. The Morgan fingerprint density at radius 2 is 1.55 bits per heavy atom. The summed E-state index contributed by atoms with van der Waals surface area (Å²) < 4.78 is 0. The maximum absolute atomic E-state index is 13.7. The highest BCUT2D eigenvalue weighted by atomic mass is 16.2. The van der Waals surface area contributed by atoms with Crippen molar-refractivity contribution in [3.05, 3.63) is 0 Å². The lowest BCUT2D eigenvalue weighted by Crippen LogP contribution is -2.51. The Labute approximate surface area is 199 Å². The number of hydrogen-bond donors (Lipinski definition) is 3. The molecule has 3 aliphatic carbocycles. The maximum atomic E-state index is 13.7. The van der Waals surface area contributed by atoms with Gasteiger partial charge < -0.3 is 16.4 Å². The number of amides is 2. The summed E-state index contributed by atoms with van der Waals surface area (Å²) in [5.41, 5.74) is 11.5. The van der Waals surface area contributed by atoms with Crippen LogP contribution < -0.4 is 11.5 Å². The van der Waals surface area contributed by atoms with Gasteiger partial charge in [-0.2, -0.15) is 0 Å². The second-order valence-corrected chi connectivity index (χ2v) is 11.6. The van der Waals surface area contributed by atoms with E-state index in [2.05, 4.69) is 4.90 Å². The number of primary amides is 1. The third-order valence-electron chi connectivity index (χ3n) is 9.38. The molecule has 0 aromatic carbocycles. The first kappa shape index (κ1) is 24.5. The van der Waals surface area contributed by atoms with Crippen LogP contribution in [0.15, 0.2) is 0 Å². The van der Waals surface area contributed by atoms with Crippen molar-refractivity contribution in [2.24, 2.45) is 41.1 Å². The van der Waals surface area contributed by atoms with Crippen LogP contribution >= 0.6 is 0 Å². The van der Waals surface area contributed by atoms with E-state index in [1.54, 1.807) is 0 Å². The van der Waals surface area contributed by atoms with Gasteiger partial charge in [0, 0.05) is 38.0 Å². The van der Waals surface area contributed by atoms with Crippen LogP contribution in [0.2, 0.25) is 0 Å². The third-order valence-corrected chi connectivity index (χ3v) is 9.38. The molecule has 2 amide bonds. The fraction of sp³-hybridized carbons (Fsp3) is 0.885. The highest BCUT2D eigenvalue weighted by Gasteiger charge is 2.48. The summed E-state index contributed by atoms with van der Waals surface area (Å²) in [6.07, 6.45) is 14.1. The van der Waals surface area contributed by atoms with Crippen molar-refractivity contribution in [1.29, 1.82) is 5.41 Å². The van der Waals surface area contributed by atoms with Crippen molar-refractivity contribution in [3.63, 3.8) is 0 Å². The van der Waals surface area contributed by atoms with Gasteiger partial charge in [-0.05, 0) is 82.0 Å². The van der Waals surface area contributed by atoms with Gasteiger partial charge in [0.25, 0.3) is 0 Å². The molecular weight excluding hydrogens is 414 g/mol. The van der Waals surface area contributed by atoms with Gasteiger partial charge in [-0.25, -0.2) is 0 Å². The van der Waals surface area contributed by atoms with E-state index in [9.17, 15) is 9.59 Å². The zero-order valence-corrected chi connectivity index (χ0v) is 20.5. The van der Waals surface area contributed by atoms with Crippen molar-refractivity contribution in [3.8, 4) is 0 Å². The Kier molecular flexibility index (Phi) is 7.98. The Bertz CT molecular complexity index is 713. The van der Waals surface area contributed by atoms with Crippen LogP contribution in [0.4, 0.5) is 0 Å². The van der Waals surface area contributed by atoms with Crippen molar-refractivity contribution < 1.29 is 9.59 Å². The fourth-order valence-electron chi connectivity index (χ4n) is 7.36. The molecule has 186 valence electrons. The summed E-state index contributed by atoms with van der Waals surface area (Å²) in [6.45, 7) is 1.81. The minimum atomic E-state index is -0.163. The summed E-state index contributed by atoms with van der Waals surface area (Å²) in [7, 11) is 2.01. The van der Waals surface area contributed by atoms with Crippen LogP contribution in [0.5, 0.6) is 0 Å². The topological polar surface area (TPSA) is 117 Å². The molecule has 4 atom stereocenters. The van der Waals surface area contributed by atoms with E-state index in [0.717, 1.165) is 64.5 Å². The fourth-order valence-corrected chi connectivity index (χ4v) is 7.36. The second kappa shape index (κ2) is 10.7. The number of fused-ring (bicyclic) bond motifs is 1. The van der Waals surface area contributed by atoms with E-state index in [0.29, 0.717) is 35.5 Å². The van der Waals surface area contributed by atoms with E-state index in [-0.39, 0.29) is 23.8 Å². The number of nitrogens with one attached hydrogen (secondary N) is 1. The molecular formula is C26H45N5O2. The zero-order valence-electron chi connectivity index (χ0n) is 20.5. The summed E-state index contributed by atoms with van der Waals surface area (Å²) in [5.74, 6) is 2.28. The smallest absolute Gasteiger partial charge is 0.239 e. The minimum Gasteiger partial charge on any atom is -0.387 e. The Hall–Kier alpha value is -1.63. The maximum Gasteiger partial charge on any atom is 0.239 e. The quantitative estimate of drug-likeness (QED) is 0.400. The predicted molar refractivity (Wildman–Crippen MR) is 130 cm³/mol. The zero-order chi connectivity index (χ0) is 23.5. The van der Waals surface area contributed by atoms with Gasteiger partial charge in [0.15, 0.2) is 0 Å². The molecule has 0 radical (unpaired) electrons. The molecule has 0 aromatic heterocycles. The molecule has 4 aliphatic rings. The van der Waals surface area contributed by atoms with Crippen LogP contribution in [-0.4, -0.2) is 59.7 Å². The SMILES string of the molecule is CN(CC1CCCCC1)C(=O)C1CC2CCC(C(=N)N)CC2N1CC1CCC(C(N)=O)CC1. The number of nitrogens with zero attached hydrogens (tertiary/aromatic N) is 2. The second-order valence-electron chi connectivity index (χ2n) is 11.6. The van der Waals surface area contributed by atoms with Crippen LogP contribution in [0.25, 0.3) is 0 Å². The number of likely N-dealkylation sites (N-methyl/N-ethyl adjacent to an activating group) is 1. The van der Waals surface area contributed by atoms with Crippen LogP contribution in [-0.2, 0) is 9.59 Å². The van der Waals surface area contributed by atoms with Gasteiger partial charge in [-0.1, -0.05) is 19.3 Å². The summed E-state index contributed by atoms with van der Waals surface area (Å²) in [5, 5.41) is 8.01. The lowest BCUT2D eigenvalue weighted by molar-refractivity contribution is -0.136. The number of rotatable bonds is 7. The first-order chi connectivity index (χ1) is 15.8. The highest BCUT2D eigenvalue weighted by Crippen LogP contribution is 2.44. The molecule has 33 heavy (non-hydrogen) atoms. The molecule has 1 aliphatic heterocycles. The molecule has 7 heteroatoms. The van der Waals surface area contributed by atoms with Crippen LogP contribution in [0.1, 0.15) is 83.5 Å². The van der Waals surface area contributed by atoms with E-state index < -0.39 is 0 Å². The molecule has 1 saturated heterocycles. The molecule has 1 heterocycles. The molecule has 4 rings (SSSR count). The molecule has 7 nitrogen and oxygen atoms in total. The van der Waals surface area contributed by atoms with Gasteiger partial charge in [0.05, 0.1) is 11.9 Å². The molecule has 0 bridgehead atoms. The van der Waals surface area contributed by atoms with Gasteiger partial charge in [0.2, 0.25) is 11.8 Å². The normalized spacial score (nSPS) is 35.7. The first-order valence-corrected chi connectivity index (χ1v) is 13.5. The number of nitrogens with two attached hydrogens (primary N) is 2. The minimum absolute atomic E-state index is 0.0170. The first-order valence-electron chi connectivity index (χ1n) is 13.5. The van der Waals surface area contributed by atoms with Crippen LogP contribution in [0, 0.1) is 35.0 Å². The molecule has 0 aromatic rings. The van der Waals surface area contributed by atoms with Gasteiger partial charge in [-0.3, -0.25) is 19.9 Å². The predicted octanol–water partition coefficient (Wildman–Crippen LogP) is 3.11. The van der Waals surface area contributed by atoms with Gasteiger partial charge in [0.1, 0.15) is 0 Å². The molecule has 4 fully saturated rings. The van der Waals surface area contributed by atoms with Crippen LogP contribution in [0.3, 0.4) is 0 Å². The van der Waals surface area contributed by atoms with E-state index in [1.807, 2.05) is 11.9 Å². The Balaban J connectivity index is 1.45. The number of hydrogen-bond acceptors (Lipinski definition) is 4. The third kappa shape index (κ3) is 5.72. The van der Waals surface area contributed by atoms with Crippen molar-refractivity contribution in [2.45, 2.75) is 95.6 Å². The summed E-state index contributed by atoms with van der Waals surface area (Å²) >= 11 is 0. The lowest BCUT2D eigenvalue weighted by atomic mass is 9.77. The Morgan fingerprint density at radius 1 is 0.879 bits per heavy atom.